The summed E-state index contributed by atoms with van der Waals surface area (Å²) in [7, 11) is 1.82. The van der Waals surface area contributed by atoms with Crippen molar-refractivity contribution >= 4 is 35.8 Å². The highest BCUT2D eigenvalue weighted by Gasteiger charge is 2.16. The number of nitrogens with one attached hydrogen (secondary N) is 2. The Kier molecular flexibility index (Phi) is 10.9. The summed E-state index contributed by atoms with van der Waals surface area (Å²) in [6.07, 6.45) is 4.06. The molecule has 164 valence electrons. The van der Waals surface area contributed by atoms with E-state index in [1.807, 2.05) is 13.2 Å². The highest BCUT2D eigenvalue weighted by Crippen LogP contribution is 2.15. The third kappa shape index (κ3) is 7.75. The molecule has 0 atom stereocenters. The van der Waals surface area contributed by atoms with Crippen molar-refractivity contribution < 1.29 is 0 Å². The van der Waals surface area contributed by atoms with Crippen molar-refractivity contribution in [2.45, 2.75) is 26.3 Å². The van der Waals surface area contributed by atoms with Gasteiger partial charge >= 0.3 is 0 Å². The van der Waals surface area contributed by atoms with Crippen LogP contribution in [0.4, 0.5) is 5.82 Å². The Morgan fingerprint density at radius 3 is 2.50 bits per heavy atom. The number of piperazine rings is 1. The van der Waals surface area contributed by atoms with Crippen LogP contribution in [0.1, 0.15) is 24.5 Å². The van der Waals surface area contributed by atoms with Gasteiger partial charge in [0.15, 0.2) is 5.96 Å². The van der Waals surface area contributed by atoms with Crippen LogP contribution in [-0.2, 0) is 13.0 Å². The molecular weight excluding hydrogens is 487 g/mol. The smallest absolute Gasteiger partial charge is 0.191 e. The van der Waals surface area contributed by atoms with Gasteiger partial charge in [0.25, 0.3) is 0 Å². The van der Waals surface area contributed by atoms with Gasteiger partial charge in [-0.05, 0) is 42.6 Å². The number of hydrogen-bond donors (Lipinski definition) is 2. The van der Waals surface area contributed by atoms with Crippen LogP contribution in [0.25, 0.3) is 0 Å². The van der Waals surface area contributed by atoms with Gasteiger partial charge in [0.2, 0.25) is 0 Å². The van der Waals surface area contributed by atoms with Crippen molar-refractivity contribution in [2.75, 3.05) is 51.2 Å². The second-order valence-electron chi connectivity index (χ2n) is 7.39. The second kappa shape index (κ2) is 13.4. The largest absolute Gasteiger partial charge is 0.356 e. The molecule has 1 aliphatic heterocycles. The number of hydrogen-bond acceptors (Lipinski definition) is 4. The first kappa shape index (κ1) is 24.4. The van der Waals surface area contributed by atoms with Crippen molar-refractivity contribution in [1.82, 2.24) is 20.5 Å². The zero-order valence-corrected chi connectivity index (χ0v) is 20.5. The maximum atomic E-state index is 4.58. The van der Waals surface area contributed by atoms with E-state index in [0.29, 0.717) is 0 Å². The molecule has 2 N–H and O–H groups in total. The Balaban J connectivity index is 0.00000320. The number of halogens is 1. The van der Waals surface area contributed by atoms with Crippen molar-refractivity contribution in [3.8, 4) is 0 Å². The highest BCUT2D eigenvalue weighted by atomic mass is 127. The maximum absolute atomic E-state index is 4.58. The fraction of sp³-hybridized carbons (Fsp3) is 0.478. The number of anilines is 1. The van der Waals surface area contributed by atoms with E-state index in [2.05, 4.69) is 79.8 Å². The molecule has 1 aromatic heterocycles. The van der Waals surface area contributed by atoms with E-state index in [1.165, 1.54) is 11.1 Å². The van der Waals surface area contributed by atoms with Crippen molar-refractivity contribution in [2.24, 2.45) is 4.99 Å². The summed E-state index contributed by atoms with van der Waals surface area (Å²) >= 11 is 0. The van der Waals surface area contributed by atoms with Crippen LogP contribution >= 0.6 is 24.0 Å². The van der Waals surface area contributed by atoms with E-state index in [4.69, 9.17) is 0 Å². The lowest BCUT2D eigenvalue weighted by molar-refractivity contribution is 0.270. The first-order valence-electron chi connectivity index (χ1n) is 10.7. The van der Waals surface area contributed by atoms with Gasteiger partial charge in [-0.15, -0.1) is 24.0 Å². The van der Waals surface area contributed by atoms with Gasteiger partial charge in [0.1, 0.15) is 5.82 Å². The molecule has 2 aromatic rings. The Morgan fingerprint density at radius 2 is 1.80 bits per heavy atom. The van der Waals surface area contributed by atoms with E-state index in [0.717, 1.165) is 70.4 Å². The third-order valence-corrected chi connectivity index (χ3v) is 5.41. The van der Waals surface area contributed by atoms with Crippen molar-refractivity contribution in [3.05, 3.63) is 59.8 Å². The second-order valence-corrected chi connectivity index (χ2v) is 7.39. The molecule has 0 saturated carbocycles. The lowest BCUT2D eigenvalue weighted by Crippen LogP contribution is -2.46. The number of aromatic nitrogens is 1. The summed E-state index contributed by atoms with van der Waals surface area (Å²) in [4.78, 5) is 13.8. The summed E-state index contributed by atoms with van der Waals surface area (Å²) in [6.45, 7) is 9.30. The van der Waals surface area contributed by atoms with Crippen LogP contribution in [0.15, 0.2) is 53.7 Å². The summed E-state index contributed by atoms with van der Waals surface area (Å²) in [6, 6.07) is 14.9. The lowest BCUT2D eigenvalue weighted by Gasteiger charge is -2.34. The molecule has 0 amide bonds. The van der Waals surface area contributed by atoms with Crippen LogP contribution in [0, 0.1) is 0 Å². The standard InChI is InChI=1S/C23H34N6.HI/c1-3-28-14-16-29(17-15-28)22-18-21(11-13-25-22)19-27-23(24-2)26-12-7-10-20-8-5-4-6-9-20;/h4-6,8-9,11,13,18H,3,7,10,12,14-17,19H2,1-2H3,(H2,24,26,27);1H. The molecule has 7 heteroatoms. The highest BCUT2D eigenvalue weighted by molar-refractivity contribution is 14.0. The normalized spacial score (nSPS) is 14.9. The quantitative estimate of drug-likeness (QED) is 0.242. The molecule has 0 bridgehead atoms. The minimum Gasteiger partial charge on any atom is -0.356 e. The monoisotopic (exact) mass is 522 g/mol. The van der Waals surface area contributed by atoms with Gasteiger partial charge in [-0.3, -0.25) is 4.99 Å². The molecule has 0 radical (unpaired) electrons. The zero-order chi connectivity index (χ0) is 20.3. The van der Waals surface area contributed by atoms with Crippen LogP contribution < -0.4 is 15.5 Å². The van der Waals surface area contributed by atoms with E-state index in [9.17, 15) is 0 Å². The molecule has 0 aliphatic carbocycles. The minimum absolute atomic E-state index is 0. The van der Waals surface area contributed by atoms with E-state index < -0.39 is 0 Å². The molecule has 1 saturated heterocycles. The Bertz CT molecular complexity index is 759. The number of rotatable bonds is 8. The van der Waals surface area contributed by atoms with Crippen LogP contribution in [0.3, 0.4) is 0 Å². The molecule has 6 nitrogen and oxygen atoms in total. The number of benzene rings is 1. The van der Waals surface area contributed by atoms with Crippen LogP contribution in [0.2, 0.25) is 0 Å². The van der Waals surface area contributed by atoms with Gasteiger partial charge < -0.3 is 20.4 Å². The average molecular weight is 522 g/mol. The van der Waals surface area contributed by atoms with Crippen LogP contribution in [-0.4, -0.2) is 62.2 Å². The first-order valence-corrected chi connectivity index (χ1v) is 10.7. The van der Waals surface area contributed by atoms with Crippen molar-refractivity contribution in [3.63, 3.8) is 0 Å². The predicted octanol–water partition coefficient (Wildman–Crippen LogP) is 3.14. The zero-order valence-electron chi connectivity index (χ0n) is 18.2. The molecular formula is C23H35IN6. The number of nitrogens with zero attached hydrogens (tertiary/aromatic N) is 4. The average Bonchev–Trinajstić information content (AvgIpc) is 2.79. The Morgan fingerprint density at radius 1 is 1.03 bits per heavy atom. The van der Waals surface area contributed by atoms with E-state index in [1.54, 1.807) is 0 Å². The van der Waals surface area contributed by atoms with Crippen molar-refractivity contribution in [1.29, 1.82) is 0 Å². The number of guanidine groups is 1. The number of aliphatic imine (C=N–C) groups is 1. The molecule has 3 rings (SSSR count). The van der Waals surface area contributed by atoms with Gasteiger partial charge in [-0.1, -0.05) is 37.3 Å². The summed E-state index contributed by atoms with van der Waals surface area (Å²) in [5.41, 5.74) is 2.60. The summed E-state index contributed by atoms with van der Waals surface area (Å²) < 4.78 is 0. The SMILES string of the molecule is CCN1CCN(c2cc(CNC(=NC)NCCCc3ccccc3)ccn2)CC1.I. The van der Waals surface area contributed by atoms with Gasteiger partial charge in [-0.25, -0.2) is 4.98 Å². The molecule has 1 fully saturated rings. The first-order chi connectivity index (χ1) is 14.3. The Labute approximate surface area is 198 Å². The molecule has 1 aliphatic rings. The van der Waals surface area contributed by atoms with E-state index in [-0.39, 0.29) is 24.0 Å². The van der Waals surface area contributed by atoms with Crippen LogP contribution in [0.5, 0.6) is 0 Å². The van der Waals surface area contributed by atoms with Gasteiger partial charge in [0.05, 0.1) is 0 Å². The minimum atomic E-state index is 0. The lowest BCUT2D eigenvalue weighted by atomic mass is 10.1. The fourth-order valence-electron chi connectivity index (χ4n) is 3.59. The summed E-state index contributed by atoms with van der Waals surface area (Å²) in [5.74, 6) is 1.92. The molecule has 0 unspecified atom stereocenters. The summed E-state index contributed by atoms with van der Waals surface area (Å²) in [5, 5.41) is 6.82. The molecule has 0 spiro atoms. The number of aryl methyl sites for hydroxylation is 1. The topological polar surface area (TPSA) is 55.8 Å². The number of likely N-dealkylation sites (N-methyl/N-ethyl adjacent to an activating group) is 1. The van der Waals surface area contributed by atoms with Gasteiger partial charge in [-0.2, -0.15) is 0 Å². The predicted molar refractivity (Wildman–Crippen MR) is 137 cm³/mol. The molecule has 1 aromatic carbocycles. The maximum Gasteiger partial charge on any atom is 0.191 e. The fourth-order valence-corrected chi connectivity index (χ4v) is 3.59. The number of pyridine rings is 1. The van der Waals surface area contributed by atoms with Gasteiger partial charge in [0, 0.05) is 52.5 Å². The third-order valence-electron chi connectivity index (χ3n) is 5.41. The molecule has 2 heterocycles. The Hall–Kier alpha value is -1.87. The molecule has 30 heavy (non-hydrogen) atoms. The van der Waals surface area contributed by atoms with E-state index >= 15 is 0 Å².